The van der Waals surface area contributed by atoms with Gasteiger partial charge in [-0.3, -0.25) is 0 Å². The molecule has 4 rings (SSSR count). The van der Waals surface area contributed by atoms with Crippen molar-refractivity contribution in [2.75, 3.05) is 30.3 Å². The molecule has 0 aromatic heterocycles. The van der Waals surface area contributed by atoms with Crippen molar-refractivity contribution in [3.05, 3.63) is 23.8 Å². The summed E-state index contributed by atoms with van der Waals surface area (Å²) in [6.45, 7) is 8.67. The molecule has 0 amide bonds. The van der Waals surface area contributed by atoms with Gasteiger partial charge < -0.3 is 15.0 Å². The van der Waals surface area contributed by atoms with Gasteiger partial charge in [0.1, 0.15) is 11.1 Å². The third-order valence-corrected chi connectivity index (χ3v) is 6.70. The van der Waals surface area contributed by atoms with Crippen molar-refractivity contribution in [1.82, 2.24) is 5.32 Å². The van der Waals surface area contributed by atoms with E-state index in [4.69, 9.17) is 4.74 Å². The number of hydrogen-bond donors (Lipinski definition) is 1. The van der Waals surface area contributed by atoms with E-state index in [-0.39, 0.29) is 11.9 Å². The van der Waals surface area contributed by atoms with Crippen LogP contribution in [0.5, 0.6) is 0 Å². The van der Waals surface area contributed by atoms with Crippen LogP contribution in [0.4, 0.5) is 5.69 Å². The first-order valence-electron chi connectivity index (χ1n) is 9.41. The second-order valence-corrected chi connectivity index (χ2v) is 9.45. The van der Waals surface area contributed by atoms with Crippen molar-refractivity contribution >= 4 is 23.4 Å². The van der Waals surface area contributed by atoms with Crippen LogP contribution in [0.1, 0.15) is 51.5 Å². The molecule has 3 aliphatic heterocycles. The number of carbonyl (C=O) groups excluding carboxylic acids is 1. The number of nitrogens with zero attached hydrogens (tertiary/aromatic N) is 1. The largest absolute Gasteiger partial charge is 0.458 e. The fraction of sp³-hybridized carbons (Fsp3) is 0.650. The van der Waals surface area contributed by atoms with E-state index >= 15 is 0 Å². The lowest BCUT2D eigenvalue weighted by Gasteiger charge is -2.42. The summed E-state index contributed by atoms with van der Waals surface area (Å²) in [4.78, 5) is 17.3. The number of esters is 1. The Labute approximate surface area is 154 Å². The summed E-state index contributed by atoms with van der Waals surface area (Å²) in [6, 6.07) is 6.61. The summed E-state index contributed by atoms with van der Waals surface area (Å²) in [5, 5.41) is 3.50. The number of nitrogens with one attached hydrogen (secondary N) is 1. The van der Waals surface area contributed by atoms with Crippen molar-refractivity contribution in [2.45, 2.75) is 62.0 Å². The van der Waals surface area contributed by atoms with Crippen LogP contribution in [0, 0.1) is 0 Å². The molecule has 0 aliphatic carbocycles. The van der Waals surface area contributed by atoms with Gasteiger partial charge in [-0.2, -0.15) is 0 Å². The highest BCUT2D eigenvalue weighted by molar-refractivity contribution is 7.99. The van der Waals surface area contributed by atoms with Crippen LogP contribution in [-0.2, 0) is 9.53 Å². The monoisotopic (exact) mass is 360 g/mol. The third-order valence-electron chi connectivity index (χ3n) is 5.56. The molecule has 25 heavy (non-hydrogen) atoms. The minimum absolute atomic E-state index is 0.0391. The Morgan fingerprint density at radius 3 is 3.00 bits per heavy atom. The van der Waals surface area contributed by atoms with Crippen molar-refractivity contribution in [3.8, 4) is 0 Å². The number of fused-ring (bicyclic) bond motifs is 3. The number of anilines is 1. The van der Waals surface area contributed by atoms with Crippen LogP contribution >= 0.6 is 11.8 Å². The summed E-state index contributed by atoms with van der Waals surface area (Å²) in [5.41, 5.74) is 1.64. The van der Waals surface area contributed by atoms with Gasteiger partial charge in [-0.15, -0.1) is 11.8 Å². The highest BCUT2D eigenvalue weighted by atomic mass is 32.2. The normalized spacial score (nSPS) is 28.6. The second kappa shape index (κ2) is 6.20. The minimum Gasteiger partial charge on any atom is -0.458 e. The average molecular weight is 361 g/mol. The molecule has 0 saturated carbocycles. The maximum Gasteiger partial charge on any atom is 0.333 e. The molecule has 1 aromatic carbocycles. The molecule has 1 aromatic rings. The number of hydrogen-bond acceptors (Lipinski definition) is 5. The molecule has 0 spiro atoms. The van der Waals surface area contributed by atoms with Crippen LogP contribution < -0.4 is 10.2 Å². The Morgan fingerprint density at radius 1 is 1.36 bits per heavy atom. The zero-order chi connectivity index (χ0) is 17.7. The first kappa shape index (κ1) is 17.2. The van der Waals surface area contributed by atoms with E-state index in [9.17, 15) is 4.79 Å². The van der Waals surface area contributed by atoms with Gasteiger partial charge >= 0.3 is 5.97 Å². The first-order chi connectivity index (χ1) is 11.9. The summed E-state index contributed by atoms with van der Waals surface area (Å²) in [5.74, 6) is 1.29. The molecule has 1 N–H and O–H groups in total. The Kier molecular flexibility index (Phi) is 4.27. The van der Waals surface area contributed by atoms with Gasteiger partial charge in [-0.1, -0.05) is 12.1 Å². The molecule has 2 unspecified atom stereocenters. The third kappa shape index (κ3) is 2.76. The van der Waals surface area contributed by atoms with Gasteiger partial charge in [-0.25, -0.2) is 4.79 Å². The molecule has 0 radical (unpaired) electrons. The summed E-state index contributed by atoms with van der Waals surface area (Å²) in [7, 11) is 0. The molecular weight excluding hydrogens is 332 g/mol. The Bertz CT molecular complexity index is 685. The molecule has 2 atom stereocenters. The van der Waals surface area contributed by atoms with Crippen LogP contribution in [0.15, 0.2) is 23.1 Å². The average Bonchev–Trinajstić information content (AvgIpc) is 2.74. The van der Waals surface area contributed by atoms with Gasteiger partial charge in [0, 0.05) is 17.4 Å². The Morgan fingerprint density at radius 2 is 2.20 bits per heavy atom. The summed E-state index contributed by atoms with van der Waals surface area (Å²) >= 11 is 1.93. The minimum atomic E-state index is -0.555. The van der Waals surface area contributed by atoms with Crippen molar-refractivity contribution in [3.63, 3.8) is 0 Å². The predicted octanol–water partition coefficient (Wildman–Crippen LogP) is 3.55. The zero-order valence-corrected chi connectivity index (χ0v) is 16.2. The predicted molar refractivity (Wildman–Crippen MR) is 103 cm³/mol. The second-order valence-electron chi connectivity index (χ2n) is 8.32. The number of ether oxygens (including phenoxy) is 1. The molecule has 0 bridgehead atoms. The fourth-order valence-electron chi connectivity index (χ4n) is 4.66. The van der Waals surface area contributed by atoms with E-state index in [0.29, 0.717) is 0 Å². The highest BCUT2D eigenvalue weighted by Gasteiger charge is 2.58. The molecule has 3 aliphatic rings. The van der Waals surface area contributed by atoms with E-state index in [2.05, 4.69) is 28.4 Å². The quantitative estimate of drug-likeness (QED) is 0.776. The molecule has 1 saturated heterocycles. The standard InChI is InChI=1S/C20H28N2O2S/c1-19(2,3)24-18(23)20-9-11-21-10-8-15(20)14-6-4-7-16-17(14)22(20)12-5-13-25-16/h4,6-7,15,21H,5,8-13H2,1-3H3. The van der Waals surface area contributed by atoms with Crippen molar-refractivity contribution in [1.29, 1.82) is 0 Å². The first-order valence-corrected chi connectivity index (χ1v) is 10.4. The van der Waals surface area contributed by atoms with Crippen LogP contribution in [0.3, 0.4) is 0 Å². The molecule has 1 fully saturated rings. The molecule has 5 heteroatoms. The number of carbonyl (C=O) groups is 1. The topological polar surface area (TPSA) is 41.6 Å². The van der Waals surface area contributed by atoms with Gasteiger partial charge in [0.25, 0.3) is 0 Å². The maximum absolute atomic E-state index is 13.6. The number of thioether (sulfide) groups is 1. The number of para-hydroxylation sites is 1. The summed E-state index contributed by atoms with van der Waals surface area (Å²) in [6.07, 6.45) is 2.89. The zero-order valence-electron chi connectivity index (χ0n) is 15.4. The Balaban J connectivity index is 1.87. The fourth-order valence-corrected chi connectivity index (χ4v) is 5.69. The molecule has 136 valence electrons. The summed E-state index contributed by atoms with van der Waals surface area (Å²) < 4.78 is 5.99. The lowest BCUT2D eigenvalue weighted by atomic mass is 9.78. The molecular formula is C20H28N2O2S. The number of rotatable bonds is 1. The smallest absolute Gasteiger partial charge is 0.333 e. The van der Waals surface area contributed by atoms with Gasteiger partial charge in [0.15, 0.2) is 0 Å². The van der Waals surface area contributed by atoms with E-state index in [1.807, 2.05) is 32.5 Å². The van der Waals surface area contributed by atoms with Gasteiger partial charge in [0.05, 0.1) is 5.69 Å². The van der Waals surface area contributed by atoms with Gasteiger partial charge in [0.2, 0.25) is 0 Å². The lowest BCUT2D eigenvalue weighted by Crippen LogP contribution is -2.58. The van der Waals surface area contributed by atoms with Crippen LogP contribution in [0.2, 0.25) is 0 Å². The molecule has 4 nitrogen and oxygen atoms in total. The van der Waals surface area contributed by atoms with E-state index in [0.717, 1.165) is 44.6 Å². The molecule has 3 heterocycles. The van der Waals surface area contributed by atoms with Crippen molar-refractivity contribution in [2.24, 2.45) is 0 Å². The van der Waals surface area contributed by atoms with Gasteiger partial charge in [-0.05, 0) is 70.5 Å². The van der Waals surface area contributed by atoms with E-state index < -0.39 is 11.1 Å². The highest BCUT2D eigenvalue weighted by Crippen LogP contribution is 2.56. The van der Waals surface area contributed by atoms with Crippen LogP contribution in [0.25, 0.3) is 0 Å². The maximum atomic E-state index is 13.6. The SMILES string of the molecule is CC(C)(C)OC(=O)C12CCNCCC1c1cccc3c1N2CCCS3. The number of benzene rings is 1. The van der Waals surface area contributed by atoms with E-state index in [1.165, 1.54) is 16.1 Å². The van der Waals surface area contributed by atoms with E-state index in [1.54, 1.807) is 0 Å². The van der Waals surface area contributed by atoms with Crippen LogP contribution in [-0.4, -0.2) is 42.5 Å². The lowest BCUT2D eigenvalue weighted by molar-refractivity contribution is -0.162. The van der Waals surface area contributed by atoms with Crippen molar-refractivity contribution < 1.29 is 9.53 Å². The Hall–Kier alpha value is -1.20.